The number of carbonyl (C=O) groups is 1. The number of H-pyrrole nitrogens is 1. The Kier molecular flexibility index (Phi) is 6.88. The molecule has 0 unspecified atom stereocenters. The van der Waals surface area contributed by atoms with E-state index in [1.165, 1.54) is 5.56 Å². The van der Waals surface area contributed by atoms with Gasteiger partial charge in [0.15, 0.2) is 0 Å². The van der Waals surface area contributed by atoms with Crippen molar-refractivity contribution < 1.29 is 4.79 Å². The van der Waals surface area contributed by atoms with Crippen molar-refractivity contribution in [3.8, 4) is 0 Å². The van der Waals surface area contributed by atoms with E-state index in [1.807, 2.05) is 55.6 Å². The number of hydrogen-bond acceptors (Lipinski definition) is 1. The third kappa shape index (κ3) is 4.69. The van der Waals surface area contributed by atoms with Crippen LogP contribution < -0.4 is 5.32 Å². The van der Waals surface area contributed by atoms with Gasteiger partial charge in [-0.2, -0.15) is 0 Å². The number of fused-ring (bicyclic) bond motifs is 1. The molecule has 32 heavy (non-hydrogen) atoms. The molecule has 4 aromatic rings. The Morgan fingerprint density at radius 3 is 2.47 bits per heavy atom. The maximum absolute atomic E-state index is 13.1. The number of para-hydroxylation sites is 1. The Hall–Kier alpha value is -2.75. The molecule has 3 nitrogen and oxygen atoms in total. The third-order valence-corrected chi connectivity index (χ3v) is 6.74. The lowest BCUT2D eigenvalue weighted by molar-refractivity contribution is -0.121. The van der Waals surface area contributed by atoms with Crippen LogP contribution in [0.25, 0.3) is 10.9 Å². The van der Waals surface area contributed by atoms with E-state index in [9.17, 15) is 4.79 Å². The molecule has 0 saturated carbocycles. The highest BCUT2D eigenvalue weighted by Crippen LogP contribution is 2.37. The first-order valence-electron chi connectivity index (χ1n) is 10.9. The Morgan fingerprint density at radius 2 is 1.75 bits per heavy atom. The summed E-state index contributed by atoms with van der Waals surface area (Å²) in [5, 5.41) is 5.27. The van der Waals surface area contributed by atoms with Gasteiger partial charge in [0.05, 0.1) is 16.1 Å². The van der Waals surface area contributed by atoms with E-state index in [0.29, 0.717) is 16.5 Å². The molecule has 1 heterocycles. The first kappa shape index (κ1) is 22.4. The Morgan fingerprint density at radius 1 is 0.969 bits per heavy atom. The standard InChI is InChI=1S/C27H26Cl2N2O/c1-3-18-10-7-11-21-23(16-30-27(18)21)22(20-12-13-24(28)25(29)14-20)15-26(32)31-17(2)19-8-5-4-6-9-19/h4-14,16-17,22,30H,3,15H2,1-2H3,(H,31,32)/t17-,22-/m1/s1. The number of carbonyl (C=O) groups excluding carboxylic acids is 1. The minimum Gasteiger partial charge on any atom is -0.361 e. The van der Waals surface area contributed by atoms with Gasteiger partial charge in [-0.05, 0) is 47.7 Å². The van der Waals surface area contributed by atoms with Gasteiger partial charge in [0, 0.05) is 29.4 Å². The van der Waals surface area contributed by atoms with E-state index in [-0.39, 0.29) is 17.9 Å². The first-order chi connectivity index (χ1) is 15.5. The van der Waals surface area contributed by atoms with Gasteiger partial charge in [0.2, 0.25) is 5.91 Å². The maximum Gasteiger partial charge on any atom is 0.221 e. The van der Waals surface area contributed by atoms with Crippen molar-refractivity contribution in [3.05, 3.63) is 105 Å². The minimum atomic E-state index is -0.159. The number of amides is 1. The predicted octanol–water partition coefficient (Wildman–Crippen LogP) is 7.44. The summed E-state index contributed by atoms with van der Waals surface area (Å²) in [7, 11) is 0. The van der Waals surface area contributed by atoms with Gasteiger partial charge in [-0.15, -0.1) is 0 Å². The fraction of sp³-hybridized carbons (Fsp3) is 0.222. The molecule has 5 heteroatoms. The molecule has 0 radical (unpaired) electrons. The molecule has 2 N–H and O–H groups in total. The van der Waals surface area contributed by atoms with Crippen LogP contribution in [-0.2, 0) is 11.2 Å². The molecule has 0 fully saturated rings. The quantitative estimate of drug-likeness (QED) is 0.293. The Balaban J connectivity index is 1.69. The maximum atomic E-state index is 13.1. The van der Waals surface area contributed by atoms with E-state index in [2.05, 4.69) is 35.4 Å². The monoisotopic (exact) mass is 464 g/mol. The zero-order valence-corrected chi connectivity index (χ0v) is 19.7. The van der Waals surface area contributed by atoms with Crippen LogP contribution in [0.3, 0.4) is 0 Å². The molecule has 3 aromatic carbocycles. The van der Waals surface area contributed by atoms with E-state index in [1.54, 1.807) is 6.07 Å². The zero-order valence-electron chi connectivity index (χ0n) is 18.2. The van der Waals surface area contributed by atoms with Crippen LogP contribution in [0, 0.1) is 0 Å². The second-order valence-corrected chi connectivity index (χ2v) is 8.88. The van der Waals surface area contributed by atoms with E-state index >= 15 is 0 Å². The molecular weight excluding hydrogens is 439 g/mol. The first-order valence-corrected chi connectivity index (χ1v) is 11.6. The highest BCUT2D eigenvalue weighted by Gasteiger charge is 2.23. The molecule has 0 aliphatic rings. The molecular formula is C27H26Cl2N2O. The van der Waals surface area contributed by atoms with Gasteiger partial charge in [-0.25, -0.2) is 0 Å². The van der Waals surface area contributed by atoms with Crippen LogP contribution in [-0.4, -0.2) is 10.9 Å². The second-order valence-electron chi connectivity index (χ2n) is 8.07. The van der Waals surface area contributed by atoms with Crippen molar-refractivity contribution in [2.45, 2.75) is 38.6 Å². The number of benzene rings is 3. The number of rotatable bonds is 7. The number of aromatic nitrogens is 1. The lowest BCUT2D eigenvalue weighted by atomic mass is 9.87. The fourth-order valence-corrected chi connectivity index (χ4v) is 4.58. The van der Waals surface area contributed by atoms with Gasteiger partial charge >= 0.3 is 0 Å². The Bertz CT molecular complexity index is 1230. The molecule has 0 bridgehead atoms. The lowest BCUT2D eigenvalue weighted by Gasteiger charge is -2.20. The number of halogens is 2. The number of hydrogen-bond donors (Lipinski definition) is 2. The molecule has 2 atom stereocenters. The van der Waals surface area contributed by atoms with Crippen LogP contribution in [0.4, 0.5) is 0 Å². The Labute approximate surface area is 198 Å². The largest absolute Gasteiger partial charge is 0.361 e. The molecule has 1 aromatic heterocycles. The number of aryl methyl sites for hydroxylation is 1. The van der Waals surface area contributed by atoms with Crippen LogP contribution in [0.5, 0.6) is 0 Å². The summed E-state index contributed by atoms with van der Waals surface area (Å²) >= 11 is 12.5. The summed E-state index contributed by atoms with van der Waals surface area (Å²) in [6.07, 6.45) is 3.26. The average molecular weight is 465 g/mol. The smallest absolute Gasteiger partial charge is 0.221 e. The van der Waals surface area contributed by atoms with Crippen molar-refractivity contribution in [1.82, 2.24) is 10.3 Å². The molecule has 4 rings (SSSR count). The molecule has 0 aliphatic heterocycles. The third-order valence-electron chi connectivity index (χ3n) is 6.00. The second kappa shape index (κ2) is 9.81. The van der Waals surface area contributed by atoms with Crippen molar-refractivity contribution in [1.29, 1.82) is 0 Å². The van der Waals surface area contributed by atoms with E-state index in [4.69, 9.17) is 23.2 Å². The van der Waals surface area contributed by atoms with Gasteiger partial charge in [-0.1, -0.05) is 84.7 Å². The van der Waals surface area contributed by atoms with Crippen molar-refractivity contribution in [2.75, 3.05) is 0 Å². The molecule has 1 amide bonds. The number of nitrogens with one attached hydrogen (secondary N) is 2. The minimum absolute atomic E-state index is 0.0154. The summed E-state index contributed by atoms with van der Waals surface area (Å²) in [6, 6.07) is 21.8. The predicted molar refractivity (Wildman–Crippen MR) is 134 cm³/mol. The van der Waals surface area contributed by atoms with Crippen LogP contribution in [0.15, 0.2) is 72.9 Å². The van der Waals surface area contributed by atoms with Gasteiger partial charge < -0.3 is 10.3 Å². The highest BCUT2D eigenvalue weighted by molar-refractivity contribution is 6.42. The summed E-state index contributed by atoms with van der Waals surface area (Å²) < 4.78 is 0. The SMILES string of the molecule is CCc1cccc2c([C@H](CC(=O)N[C@H](C)c3ccccc3)c3ccc(Cl)c(Cl)c3)c[nH]c12. The average Bonchev–Trinajstić information content (AvgIpc) is 3.24. The lowest BCUT2D eigenvalue weighted by Crippen LogP contribution is -2.28. The molecule has 0 spiro atoms. The normalized spacial score (nSPS) is 13.1. The van der Waals surface area contributed by atoms with Gasteiger partial charge in [0.25, 0.3) is 0 Å². The van der Waals surface area contributed by atoms with Gasteiger partial charge in [0.1, 0.15) is 0 Å². The van der Waals surface area contributed by atoms with Crippen molar-refractivity contribution >= 4 is 40.0 Å². The molecule has 0 saturated heterocycles. The fourth-order valence-electron chi connectivity index (χ4n) is 4.27. The molecule has 164 valence electrons. The summed E-state index contributed by atoms with van der Waals surface area (Å²) in [4.78, 5) is 16.6. The molecule has 0 aliphatic carbocycles. The topological polar surface area (TPSA) is 44.9 Å². The number of aromatic amines is 1. The van der Waals surface area contributed by atoms with Crippen LogP contribution in [0.1, 0.15) is 54.5 Å². The van der Waals surface area contributed by atoms with E-state index in [0.717, 1.165) is 34.0 Å². The van der Waals surface area contributed by atoms with Crippen LogP contribution >= 0.6 is 23.2 Å². The van der Waals surface area contributed by atoms with Crippen molar-refractivity contribution in [3.63, 3.8) is 0 Å². The van der Waals surface area contributed by atoms with Crippen LogP contribution in [0.2, 0.25) is 10.0 Å². The summed E-state index contributed by atoms with van der Waals surface area (Å²) in [5.74, 6) is -0.174. The summed E-state index contributed by atoms with van der Waals surface area (Å²) in [5.41, 5.74) is 5.49. The zero-order chi connectivity index (χ0) is 22.7. The van der Waals surface area contributed by atoms with E-state index < -0.39 is 0 Å². The van der Waals surface area contributed by atoms with Crippen molar-refractivity contribution in [2.24, 2.45) is 0 Å². The summed E-state index contributed by atoms with van der Waals surface area (Å²) in [6.45, 7) is 4.14. The van der Waals surface area contributed by atoms with Gasteiger partial charge in [-0.3, -0.25) is 4.79 Å². The highest BCUT2D eigenvalue weighted by atomic mass is 35.5.